The molecule has 1 saturated heterocycles. The number of aliphatic imine (C=N–C) groups is 1. The number of hydrogen-bond acceptors (Lipinski definition) is 4. The van der Waals surface area contributed by atoms with Crippen molar-refractivity contribution < 1.29 is 9.59 Å². The van der Waals surface area contributed by atoms with Crippen molar-refractivity contribution in [1.29, 1.82) is 0 Å². The summed E-state index contributed by atoms with van der Waals surface area (Å²) in [5.74, 6) is 1.04. The summed E-state index contributed by atoms with van der Waals surface area (Å²) in [4.78, 5) is 33.8. The fourth-order valence-corrected chi connectivity index (χ4v) is 4.00. The van der Waals surface area contributed by atoms with Crippen LogP contribution >= 0.6 is 35.3 Å². The van der Waals surface area contributed by atoms with Crippen molar-refractivity contribution in [2.75, 3.05) is 33.7 Å². The highest BCUT2D eigenvalue weighted by atomic mass is 127. The number of nitrogens with one attached hydrogen (secondary N) is 2. The third-order valence-electron chi connectivity index (χ3n) is 5.36. The molecule has 0 atom stereocenters. The number of likely N-dealkylation sites (tertiary alicyclic amines) is 1. The lowest BCUT2D eigenvalue weighted by Gasteiger charge is -2.35. The fraction of sp³-hybridized carbons (Fsp3) is 0.667. The molecule has 1 fully saturated rings. The number of piperidine rings is 1. The molecule has 1 aliphatic rings. The van der Waals surface area contributed by atoms with Gasteiger partial charge >= 0.3 is 0 Å². The Morgan fingerprint density at radius 1 is 1.27 bits per heavy atom. The number of amides is 2. The predicted molar refractivity (Wildman–Crippen MR) is 134 cm³/mol. The fourth-order valence-electron chi connectivity index (χ4n) is 3.36. The van der Waals surface area contributed by atoms with Crippen LogP contribution < -0.4 is 10.6 Å². The first kappa shape index (κ1) is 26.7. The van der Waals surface area contributed by atoms with Gasteiger partial charge in [0, 0.05) is 44.0 Å². The lowest BCUT2D eigenvalue weighted by atomic mass is 9.98. The molecule has 0 aromatic carbocycles. The van der Waals surface area contributed by atoms with Gasteiger partial charge in [-0.15, -0.1) is 35.3 Å². The van der Waals surface area contributed by atoms with Gasteiger partial charge in [-0.25, -0.2) is 4.99 Å². The van der Waals surface area contributed by atoms with Gasteiger partial charge in [-0.2, -0.15) is 0 Å². The summed E-state index contributed by atoms with van der Waals surface area (Å²) in [6.07, 6.45) is 3.56. The van der Waals surface area contributed by atoms with Crippen molar-refractivity contribution in [1.82, 2.24) is 20.4 Å². The molecule has 2 heterocycles. The van der Waals surface area contributed by atoms with Gasteiger partial charge in [0.2, 0.25) is 11.8 Å². The van der Waals surface area contributed by atoms with Gasteiger partial charge in [0.25, 0.3) is 0 Å². The van der Waals surface area contributed by atoms with Crippen molar-refractivity contribution in [3.05, 3.63) is 22.4 Å². The highest BCUT2D eigenvalue weighted by molar-refractivity contribution is 14.0. The summed E-state index contributed by atoms with van der Waals surface area (Å²) < 4.78 is 0. The molecule has 0 radical (unpaired) electrons. The Labute approximate surface area is 201 Å². The number of rotatable bonds is 8. The van der Waals surface area contributed by atoms with E-state index in [9.17, 15) is 9.59 Å². The molecule has 0 saturated carbocycles. The van der Waals surface area contributed by atoms with E-state index in [4.69, 9.17) is 0 Å². The largest absolute Gasteiger partial charge is 0.354 e. The normalized spacial score (nSPS) is 15.0. The third-order valence-corrected chi connectivity index (χ3v) is 6.24. The maximum atomic E-state index is 12.6. The maximum absolute atomic E-state index is 12.6. The van der Waals surface area contributed by atoms with Gasteiger partial charge in [-0.3, -0.25) is 9.59 Å². The summed E-state index contributed by atoms with van der Waals surface area (Å²) in [5.41, 5.74) is 0. The van der Waals surface area contributed by atoms with Crippen LogP contribution in [0.2, 0.25) is 0 Å². The van der Waals surface area contributed by atoms with Crippen LogP contribution in [0.3, 0.4) is 0 Å². The molecule has 30 heavy (non-hydrogen) atoms. The van der Waals surface area contributed by atoms with Crippen LogP contribution in [0.25, 0.3) is 0 Å². The van der Waals surface area contributed by atoms with E-state index in [1.807, 2.05) is 16.3 Å². The van der Waals surface area contributed by atoms with Crippen molar-refractivity contribution in [3.8, 4) is 0 Å². The van der Waals surface area contributed by atoms with E-state index in [0.717, 1.165) is 38.8 Å². The second kappa shape index (κ2) is 13.8. The standard InChI is InChI=1S/C21H35N5O2S.HI/c1-5-16(6-2)20(28)26-11-9-17(10-12-26)24-21(23-15-19(27)25(3)4)22-14-18-8-7-13-29-18;/h7-8,13,16-17H,5-6,9-12,14-15H2,1-4H3,(H2,22,23,24);1H. The van der Waals surface area contributed by atoms with Crippen molar-refractivity contribution in [2.24, 2.45) is 10.9 Å². The average molecular weight is 550 g/mol. The van der Waals surface area contributed by atoms with E-state index >= 15 is 0 Å². The Morgan fingerprint density at radius 3 is 2.47 bits per heavy atom. The second-order valence-corrected chi connectivity index (χ2v) is 8.68. The molecule has 9 heteroatoms. The zero-order chi connectivity index (χ0) is 21.2. The highest BCUT2D eigenvalue weighted by Gasteiger charge is 2.26. The Morgan fingerprint density at radius 2 is 1.93 bits per heavy atom. The van der Waals surface area contributed by atoms with Gasteiger partial charge in [-0.05, 0) is 37.1 Å². The minimum atomic E-state index is -0.0344. The molecule has 0 spiro atoms. The zero-order valence-electron chi connectivity index (χ0n) is 18.5. The molecular weight excluding hydrogens is 513 g/mol. The quantitative estimate of drug-likeness (QED) is 0.297. The third kappa shape index (κ3) is 8.41. The Balaban J connectivity index is 0.00000450. The Kier molecular flexibility index (Phi) is 12.3. The molecule has 170 valence electrons. The Bertz CT molecular complexity index is 669. The first-order chi connectivity index (χ1) is 13.9. The van der Waals surface area contributed by atoms with E-state index in [1.54, 1.807) is 30.3 Å². The molecule has 1 aromatic rings. The van der Waals surface area contributed by atoms with Gasteiger partial charge in [0.1, 0.15) is 6.54 Å². The van der Waals surface area contributed by atoms with E-state index < -0.39 is 0 Å². The van der Waals surface area contributed by atoms with Crippen LogP contribution in [0.15, 0.2) is 22.5 Å². The molecule has 2 amide bonds. The molecular formula is C21H36IN5O2S. The molecule has 0 bridgehead atoms. The Hall–Kier alpha value is -1.36. The number of carbonyl (C=O) groups is 2. The van der Waals surface area contributed by atoms with Crippen LogP contribution in [0.4, 0.5) is 0 Å². The van der Waals surface area contributed by atoms with Crippen LogP contribution in [-0.4, -0.2) is 67.3 Å². The maximum Gasteiger partial charge on any atom is 0.243 e. The topological polar surface area (TPSA) is 77.0 Å². The van der Waals surface area contributed by atoms with Gasteiger partial charge in [0.15, 0.2) is 5.96 Å². The summed E-state index contributed by atoms with van der Waals surface area (Å²) in [5, 5.41) is 8.84. The lowest BCUT2D eigenvalue weighted by Crippen LogP contribution is -2.50. The van der Waals surface area contributed by atoms with Crippen LogP contribution in [-0.2, 0) is 16.1 Å². The molecule has 0 aliphatic carbocycles. The van der Waals surface area contributed by atoms with Gasteiger partial charge in [0.05, 0.1) is 6.54 Å². The molecule has 7 nitrogen and oxygen atoms in total. The van der Waals surface area contributed by atoms with E-state index in [-0.39, 0.29) is 54.3 Å². The summed E-state index contributed by atoms with van der Waals surface area (Å²) in [6.45, 7) is 6.48. The average Bonchev–Trinajstić information content (AvgIpc) is 3.24. The van der Waals surface area contributed by atoms with Crippen LogP contribution in [0, 0.1) is 5.92 Å². The first-order valence-electron chi connectivity index (χ1n) is 10.5. The molecule has 2 N–H and O–H groups in total. The summed E-state index contributed by atoms with van der Waals surface area (Å²) in [6, 6.07) is 4.33. The van der Waals surface area contributed by atoms with Crippen molar-refractivity contribution in [3.63, 3.8) is 0 Å². The highest BCUT2D eigenvalue weighted by Crippen LogP contribution is 2.17. The van der Waals surface area contributed by atoms with E-state index in [1.165, 1.54) is 4.88 Å². The number of thiophene rings is 1. The number of guanidine groups is 1. The lowest BCUT2D eigenvalue weighted by molar-refractivity contribution is -0.136. The minimum Gasteiger partial charge on any atom is -0.354 e. The summed E-state index contributed by atoms with van der Waals surface area (Å²) in [7, 11) is 3.47. The van der Waals surface area contributed by atoms with Crippen molar-refractivity contribution >= 4 is 53.1 Å². The molecule has 1 aromatic heterocycles. The first-order valence-corrected chi connectivity index (χ1v) is 11.4. The van der Waals surface area contributed by atoms with Crippen molar-refractivity contribution in [2.45, 2.75) is 52.1 Å². The predicted octanol–water partition coefficient (Wildman–Crippen LogP) is 2.92. The van der Waals surface area contributed by atoms with Crippen LogP contribution in [0.1, 0.15) is 44.4 Å². The number of nitrogens with zero attached hydrogens (tertiary/aromatic N) is 3. The van der Waals surface area contributed by atoms with E-state index in [2.05, 4.69) is 35.5 Å². The SMILES string of the molecule is CCC(CC)C(=O)N1CCC(NC(=NCC(=O)N(C)C)NCc2cccs2)CC1.I. The number of halogens is 1. The van der Waals surface area contributed by atoms with E-state index in [0.29, 0.717) is 12.5 Å². The number of carbonyl (C=O) groups excluding carboxylic acids is 2. The van der Waals surface area contributed by atoms with Crippen LogP contribution in [0.5, 0.6) is 0 Å². The second-order valence-electron chi connectivity index (χ2n) is 7.64. The molecule has 0 unspecified atom stereocenters. The minimum absolute atomic E-state index is 0. The smallest absolute Gasteiger partial charge is 0.243 e. The van der Waals surface area contributed by atoms with Gasteiger partial charge < -0.3 is 20.4 Å². The number of hydrogen-bond donors (Lipinski definition) is 2. The monoisotopic (exact) mass is 549 g/mol. The summed E-state index contributed by atoms with van der Waals surface area (Å²) >= 11 is 1.69. The molecule has 2 rings (SSSR count). The molecule has 1 aliphatic heterocycles. The number of likely N-dealkylation sites (N-methyl/N-ethyl adjacent to an activating group) is 1. The zero-order valence-corrected chi connectivity index (χ0v) is 21.7. The van der Waals surface area contributed by atoms with Gasteiger partial charge in [-0.1, -0.05) is 19.9 Å².